The van der Waals surface area contributed by atoms with Crippen molar-refractivity contribution in [3.8, 4) is 0 Å². The van der Waals surface area contributed by atoms with Crippen molar-refractivity contribution in [3.63, 3.8) is 0 Å². The largest absolute Gasteiger partial charge is 0.384 e. The summed E-state index contributed by atoms with van der Waals surface area (Å²) in [5.41, 5.74) is 9.84. The van der Waals surface area contributed by atoms with Gasteiger partial charge in [0.15, 0.2) is 5.82 Å². The van der Waals surface area contributed by atoms with Crippen LogP contribution in [0.3, 0.4) is 0 Å². The molecule has 0 saturated carbocycles. The Kier molecular flexibility index (Phi) is 7.16. The summed E-state index contributed by atoms with van der Waals surface area (Å²) >= 11 is 0. The smallest absolute Gasteiger partial charge is 0.294 e. The third kappa shape index (κ3) is 5.26. The van der Waals surface area contributed by atoms with Crippen LogP contribution in [0.2, 0.25) is 0 Å². The zero-order valence-electron chi connectivity index (χ0n) is 22.7. The Morgan fingerprint density at radius 3 is 2.71 bits per heavy atom. The number of anilines is 2. The topological polar surface area (TPSA) is 128 Å². The van der Waals surface area contributed by atoms with Crippen LogP contribution in [0.25, 0.3) is 10.8 Å². The molecule has 1 aliphatic rings. The second kappa shape index (κ2) is 11.2. The number of aromatic nitrogens is 4. The number of hydrogen-bond acceptors (Lipinski definition) is 7. The molecular formula is C32H31N7O2. The molecule has 0 aliphatic carbocycles. The van der Waals surface area contributed by atoms with E-state index >= 15 is 0 Å². The van der Waals surface area contributed by atoms with Crippen LogP contribution >= 0.6 is 0 Å². The van der Waals surface area contributed by atoms with Gasteiger partial charge in [-0.15, -0.1) is 0 Å². The average Bonchev–Trinajstić information content (AvgIpc) is 3.43. The van der Waals surface area contributed by atoms with E-state index < -0.39 is 6.04 Å². The zero-order chi connectivity index (χ0) is 28.3. The van der Waals surface area contributed by atoms with Gasteiger partial charge in [-0.2, -0.15) is 0 Å². The molecule has 3 aromatic heterocycles. The first-order valence-corrected chi connectivity index (χ1v) is 13.7. The van der Waals surface area contributed by atoms with E-state index in [1.165, 1.54) is 0 Å². The van der Waals surface area contributed by atoms with Crippen LogP contribution < -0.4 is 21.9 Å². The van der Waals surface area contributed by atoms with Crippen LogP contribution in [0.15, 0.2) is 90.0 Å². The molecule has 0 radical (unpaired) electrons. The van der Waals surface area contributed by atoms with E-state index in [-0.39, 0.29) is 23.2 Å². The normalized spacial score (nSPS) is 14.9. The minimum absolute atomic E-state index is 0.127. The minimum Gasteiger partial charge on any atom is -0.384 e. The third-order valence-electron chi connectivity index (χ3n) is 7.75. The SMILES string of the molecule is Cc1nc(N)ccc1CNC(=O)[C@@H]1CCc2cnc(NC[C@H](c3ccccn3)c3cccc4ccccc34)c(=O)n21. The molecule has 6 rings (SSSR count). The van der Waals surface area contributed by atoms with Crippen LogP contribution in [0, 0.1) is 6.92 Å². The van der Waals surface area contributed by atoms with E-state index in [0.717, 1.165) is 39.0 Å². The fourth-order valence-corrected chi connectivity index (χ4v) is 5.62. The van der Waals surface area contributed by atoms with Gasteiger partial charge < -0.3 is 16.4 Å². The van der Waals surface area contributed by atoms with Crippen molar-refractivity contribution >= 4 is 28.3 Å². The first-order chi connectivity index (χ1) is 20.0. The average molecular weight is 546 g/mol. The maximum absolute atomic E-state index is 13.7. The van der Waals surface area contributed by atoms with Crippen molar-refractivity contribution in [3.05, 3.63) is 124 Å². The quantitative estimate of drug-likeness (QED) is 0.268. The van der Waals surface area contributed by atoms with Gasteiger partial charge in [-0.3, -0.25) is 19.1 Å². The summed E-state index contributed by atoms with van der Waals surface area (Å²) < 4.78 is 1.58. The fraction of sp³-hybridized carbons (Fsp3) is 0.219. The summed E-state index contributed by atoms with van der Waals surface area (Å²) in [6, 6.07) is 23.3. The number of nitrogens with two attached hydrogens (primary N) is 1. The molecule has 2 atom stereocenters. The Bertz CT molecular complexity index is 1780. The maximum atomic E-state index is 13.7. The van der Waals surface area contributed by atoms with Gasteiger partial charge in [0.2, 0.25) is 5.91 Å². The third-order valence-corrected chi connectivity index (χ3v) is 7.75. The summed E-state index contributed by atoms with van der Waals surface area (Å²) in [6.45, 7) is 2.58. The second-order valence-corrected chi connectivity index (χ2v) is 10.3. The minimum atomic E-state index is -0.604. The van der Waals surface area contributed by atoms with E-state index in [1.54, 1.807) is 23.0 Å². The van der Waals surface area contributed by atoms with E-state index in [4.69, 9.17) is 5.73 Å². The summed E-state index contributed by atoms with van der Waals surface area (Å²) in [5, 5.41) is 8.54. The molecular weight excluding hydrogens is 514 g/mol. The molecule has 206 valence electrons. The summed E-state index contributed by atoms with van der Waals surface area (Å²) in [6.07, 6.45) is 4.62. The van der Waals surface area contributed by atoms with Crippen molar-refractivity contribution in [1.82, 2.24) is 24.8 Å². The van der Waals surface area contributed by atoms with Crippen molar-refractivity contribution in [1.29, 1.82) is 0 Å². The van der Waals surface area contributed by atoms with Gasteiger partial charge in [0.25, 0.3) is 5.56 Å². The highest BCUT2D eigenvalue weighted by atomic mass is 16.2. The van der Waals surface area contributed by atoms with E-state index in [1.807, 2.05) is 49.4 Å². The van der Waals surface area contributed by atoms with Gasteiger partial charge in [0.05, 0.1) is 0 Å². The lowest BCUT2D eigenvalue weighted by Crippen LogP contribution is -2.36. The van der Waals surface area contributed by atoms with Crippen LogP contribution in [-0.2, 0) is 17.8 Å². The predicted octanol–water partition coefficient (Wildman–Crippen LogP) is 4.12. The molecule has 1 amide bonds. The van der Waals surface area contributed by atoms with Gasteiger partial charge in [0.1, 0.15) is 11.9 Å². The first kappa shape index (κ1) is 26.2. The van der Waals surface area contributed by atoms with Crippen LogP contribution in [-0.4, -0.2) is 32.0 Å². The lowest BCUT2D eigenvalue weighted by atomic mass is 9.90. The van der Waals surface area contributed by atoms with Crippen LogP contribution in [0.5, 0.6) is 0 Å². The highest BCUT2D eigenvalue weighted by Crippen LogP contribution is 2.30. The molecule has 4 heterocycles. The number of benzene rings is 2. The van der Waals surface area contributed by atoms with Gasteiger partial charge in [-0.05, 0) is 59.9 Å². The molecule has 9 heteroatoms. The lowest BCUT2D eigenvalue weighted by Gasteiger charge is -2.21. The van der Waals surface area contributed by atoms with Crippen molar-refractivity contribution in [2.45, 2.75) is 38.3 Å². The monoisotopic (exact) mass is 545 g/mol. The summed E-state index contributed by atoms with van der Waals surface area (Å²) in [5.74, 6) is 0.319. The molecule has 9 nitrogen and oxygen atoms in total. The number of amides is 1. The molecule has 0 spiro atoms. The Morgan fingerprint density at radius 2 is 1.88 bits per heavy atom. The second-order valence-electron chi connectivity index (χ2n) is 10.3. The summed E-state index contributed by atoms with van der Waals surface area (Å²) in [4.78, 5) is 40.2. The van der Waals surface area contributed by atoms with Gasteiger partial charge >= 0.3 is 0 Å². The molecule has 5 aromatic rings. The molecule has 0 saturated heterocycles. The predicted molar refractivity (Wildman–Crippen MR) is 160 cm³/mol. The Morgan fingerprint density at radius 1 is 1.05 bits per heavy atom. The number of rotatable bonds is 8. The molecule has 0 fully saturated rings. The number of pyridine rings is 2. The molecule has 4 N–H and O–H groups in total. The highest BCUT2D eigenvalue weighted by Gasteiger charge is 2.31. The first-order valence-electron chi connectivity index (χ1n) is 13.7. The Balaban J connectivity index is 1.25. The molecule has 1 aliphatic heterocycles. The number of nitrogen functional groups attached to an aromatic ring is 1. The Hall–Kier alpha value is -5.05. The lowest BCUT2D eigenvalue weighted by molar-refractivity contribution is -0.124. The maximum Gasteiger partial charge on any atom is 0.294 e. The Labute approximate surface area is 237 Å². The number of fused-ring (bicyclic) bond motifs is 2. The van der Waals surface area contributed by atoms with E-state index in [0.29, 0.717) is 31.7 Å². The van der Waals surface area contributed by atoms with Crippen molar-refractivity contribution in [2.75, 3.05) is 17.6 Å². The van der Waals surface area contributed by atoms with Gasteiger partial charge in [-0.1, -0.05) is 54.6 Å². The number of nitrogens with zero attached hydrogens (tertiary/aromatic N) is 4. The fourth-order valence-electron chi connectivity index (χ4n) is 5.62. The van der Waals surface area contributed by atoms with Gasteiger partial charge in [-0.25, -0.2) is 9.97 Å². The molecule has 41 heavy (non-hydrogen) atoms. The number of carbonyl (C=O) groups is 1. The molecule has 0 unspecified atom stereocenters. The van der Waals surface area contributed by atoms with Gasteiger partial charge in [0, 0.05) is 48.5 Å². The highest BCUT2D eigenvalue weighted by molar-refractivity contribution is 5.86. The van der Waals surface area contributed by atoms with E-state index in [9.17, 15) is 9.59 Å². The molecule has 0 bridgehead atoms. The van der Waals surface area contributed by atoms with Crippen LogP contribution in [0.1, 0.15) is 46.6 Å². The zero-order valence-corrected chi connectivity index (χ0v) is 22.7. The number of hydrogen-bond donors (Lipinski definition) is 3. The van der Waals surface area contributed by atoms with Crippen LogP contribution in [0.4, 0.5) is 11.6 Å². The van der Waals surface area contributed by atoms with E-state index in [2.05, 4.69) is 49.9 Å². The summed E-state index contributed by atoms with van der Waals surface area (Å²) in [7, 11) is 0. The number of aryl methyl sites for hydroxylation is 2. The molecule has 2 aromatic carbocycles. The van der Waals surface area contributed by atoms with Crippen molar-refractivity contribution in [2.24, 2.45) is 0 Å². The number of carbonyl (C=O) groups excluding carboxylic acids is 1. The van der Waals surface area contributed by atoms with Crippen molar-refractivity contribution < 1.29 is 4.79 Å². The number of nitrogens with one attached hydrogen (secondary N) is 2. The standard InChI is InChI=1S/C32H31N7O2/c1-20-22(12-15-29(33)38-20)17-37-31(40)28-14-13-23-18-35-30(32(41)39(23)28)36-19-26(27-11-4-5-16-34-27)25-10-6-8-21-7-2-3-9-24(21)25/h2-12,15-16,18,26,28H,13-14,17,19H2,1H3,(H2,33,38)(H,35,36)(H,37,40)/t26-,28-/m0/s1.